The number of alkyl halides is 3. The molecule has 0 aliphatic carbocycles. The van der Waals surface area contributed by atoms with E-state index >= 15 is 0 Å². The van der Waals surface area contributed by atoms with E-state index in [1.165, 1.54) is 4.57 Å². The van der Waals surface area contributed by atoms with Crippen LogP contribution in [0.15, 0.2) is 0 Å². The number of halogens is 3. The van der Waals surface area contributed by atoms with Crippen molar-refractivity contribution >= 4 is 0 Å². The van der Waals surface area contributed by atoms with Gasteiger partial charge in [0, 0.05) is 19.1 Å². The maximum atomic E-state index is 12.7. The third-order valence-electron chi connectivity index (χ3n) is 3.15. The molecule has 7 heteroatoms. The lowest BCUT2D eigenvalue weighted by Crippen LogP contribution is -2.42. The van der Waals surface area contributed by atoms with Crippen LogP contribution in [-0.2, 0) is 12.7 Å². The van der Waals surface area contributed by atoms with Gasteiger partial charge in [0.1, 0.15) is 5.82 Å². The second-order valence-corrected chi connectivity index (χ2v) is 4.54. The van der Waals surface area contributed by atoms with Crippen LogP contribution in [0.3, 0.4) is 0 Å². The van der Waals surface area contributed by atoms with Crippen molar-refractivity contribution in [1.29, 1.82) is 0 Å². The third kappa shape index (κ3) is 2.03. The van der Waals surface area contributed by atoms with Crippen LogP contribution in [0.5, 0.6) is 0 Å². The Morgan fingerprint density at radius 2 is 1.88 bits per heavy atom. The van der Waals surface area contributed by atoms with E-state index in [0.717, 1.165) is 0 Å². The summed E-state index contributed by atoms with van der Waals surface area (Å²) in [6, 6.07) is 0.150. The van der Waals surface area contributed by atoms with E-state index in [0.29, 0.717) is 18.9 Å². The summed E-state index contributed by atoms with van der Waals surface area (Å²) in [6.07, 6.45) is -4.43. The van der Waals surface area contributed by atoms with E-state index in [1.807, 2.05) is 20.8 Å². The Morgan fingerprint density at radius 3 is 2.41 bits per heavy atom. The molecule has 2 heterocycles. The zero-order valence-electron chi connectivity index (χ0n) is 9.99. The number of hydrogen-bond donors (Lipinski definition) is 0. The summed E-state index contributed by atoms with van der Waals surface area (Å²) in [5.74, 6) is -0.486. The molecule has 0 fully saturated rings. The van der Waals surface area contributed by atoms with Gasteiger partial charge in [-0.05, 0) is 20.8 Å². The summed E-state index contributed by atoms with van der Waals surface area (Å²) in [6.45, 7) is 6.78. The van der Waals surface area contributed by atoms with E-state index < -0.39 is 12.0 Å². The summed E-state index contributed by atoms with van der Waals surface area (Å²) in [4.78, 5) is 2.12. The molecule has 4 nitrogen and oxygen atoms in total. The Morgan fingerprint density at radius 1 is 1.24 bits per heavy atom. The SMILES string of the molecule is CC(C)N1CCn2c(nnc2C(F)(F)F)C1C. The van der Waals surface area contributed by atoms with E-state index in [2.05, 4.69) is 15.1 Å². The lowest BCUT2D eigenvalue weighted by molar-refractivity contribution is -0.148. The molecule has 0 bridgehead atoms. The minimum Gasteiger partial charge on any atom is -0.305 e. The highest BCUT2D eigenvalue weighted by Crippen LogP contribution is 2.33. The molecule has 0 radical (unpaired) electrons. The molecule has 0 saturated heterocycles. The third-order valence-corrected chi connectivity index (χ3v) is 3.15. The summed E-state index contributed by atoms with van der Waals surface area (Å²) >= 11 is 0. The largest absolute Gasteiger partial charge is 0.451 e. The highest BCUT2D eigenvalue weighted by atomic mass is 19.4. The molecule has 1 aliphatic heterocycles. The average molecular weight is 248 g/mol. The molecule has 1 aliphatic rings. The lowest BCUT2D eigenvalue weighted by atomic mass is 10.1. The molecule has 17 heavy (non-hydrogen) atoms. The zero-order chi connectivity index (χ0) is 12.8. The van der Waals surface area contributed by atoms with Crippen molar-refractivity contribution in [3.8, 4) is 0 Å². The van der Waals surface area contributed by atoms with Crippen molar-refractivity contribution in [3.63, 3.8) is 0 Å². The topological polar surface area (TPSA) is 34.0 Å². The average Bonchev–Trinajstić information content (AvgIpc) is 2.61. The lowest BCUT2D eigenvalue weighted by Gasteiger charge is -2.36. The van der Waals surface area contributed by atoms with Crippen LogP contribution in [0.1, 0.15) is 38.5 Å². The van der Waals surface area contributed by atoms with E-state index in [4.69, 9.17) is 0 Å². The minimum atomic E-state index is -4.43. The molecular weight excluding hydrogens is 233 g/mol. The fraction of sp³-hybridized carbons (Fsp3) is 0.800. The van der Waals surface area contributed by atoms with Gasteiger partial charge in [0.25, 0.3) is 0 Å². The second-order valence-electron chi connectivity index (χ2n) is 4.54. The van der Waals surface area contributed by atoms with Gasteiger partial charge in [-0.25, -0.2) is 0 Å². The van der Waals surface area contributed by atoms with Gasteiger partial charge in [0.05, 0.1) is 6.04 Å². The number of nitrogens with zero attached hydrogens (tertiary/aromatic N) is 4. The monoisotopic (exact) mass is 248 g/mol. The number of hydrogen-bond acceptors (Lipinski definition) is 3. The van der Waals surface area contributed by atoms with Crippen molar-refractivity contribution in [3.05, 3.63) is 11.6 Å². The predicted octanol–water partition coefficient (Wildman–Crippen LogP) is 2.08. The van der Waals surface area contributed by atoms with Gasteiger partial charge < -0.3 is 4.57 Å². The molecule has 1 aromatic heterocycles. The summed E-state index contributed by atoms with van der Waals surface area (Å²) in [5.41, 5.74) is 0. The Bertz CT molecular complexity index is 410. The first-order valence-corrected chi connectivity index (χ1v) is 5.58. The van der Waals surface area contributed by atoms with Gasteiger partial charge in [-0.15, -0.1) is 10.2 Å². The molecule has 96 valence electrons. The quantitative estimate of drug-likeness (QED) is 0.763. The Balaban J connectivity index is 2.37. The first kappa shape index (κ1) is 12.3. The molecule has 1 unspecified atom stereocenters. The maximum Gasteiger partial charge on any atom is 0.451 e. The Hall–Kier alpha value is -1.11. The zero-order valence-corrected chi connectivity index (χ0v) is 9.99. The van der Waals surface area contributed by atoms with Crippen molar-refractivity contribution in [2.75, 3.05) is 6.54 Å². The van der Waals surface area contributed by atoms with E-state index in [9.17, 15) is 13.2 Å². The molecule has 1 atom stereocenters. The fourth-order valence-electron chi connectivity index (χ4n) is 2.32. The Kier molecular flexibility index (Phi) is 2.89. The molecular formula is C10H15F3N4. The van der Waals surface area contributed by atoms with Crippen LogP contribution in [0, 0.1) is 0 Å². The normalized spacial score (nSPS) is 21.9. The van der Waals surface area contributed by atoms with Crippen LogP contribution >= 0.6 is 0 Å². The van der Waals surface area contributed by atoms with Crippen molar-refractivity contribution < 1.29 is 13.2 Å². The standard InChI is InChI=1S/C10H15F3N4/c1-6(2)16-4-5-17-8(7(16)3)14-15-9(17)10(11,12)13/h6-7H,4-5H2,1-3H3. The van der Waals surface area contributed by atoms with E-state index in [-0.39, 0.29) is 12.1 Å². The predicted molar refractivity (Wildman–Crippen MR) is 55.3 cm³/mol. The van der Waals surface area contributed by atoms with Crippen LogP contribution < -0.4 is 0 Å². The van der Waals surface area contributed by atoms with Gasteiger partial charge in [-0.2, -0.15) is 13.2 Å². The van der Waals surface area contributed by atoms with Crippen LogP contribution in [-0.4, -0.2) is 32.3 Å². The summed E-state index contributed by atoms with van der Waals surface area (Å²) in [5, 5.41) is 6.96. The van der Waals surface area contributed by atoms with Gasteiger partial charge in [-0.1, -0.05) is 0 Å². The van der Waals surface area contributed by atoms with E-state index in [1.54, 1.807) is 0 Å². The van der Waals surface area contributed by atoms with Crippen LogP contribution in [0.4, 0.5) is 13.2 Å². The molecule has 0 spiro atoms. The van der Waals surface area contributed by atoms with Crippen LogP contribution in [0.25, 0.3) is 0 Å². The molecule has 2 rings (SSSR count). The van der Waals surface area contributed by atoms with Crippen molar-refractivity contribution in [2.24, 2.45) is 0 Å². The molecule has 1 aromatic rings. The number of aromatic nitrogens is 3. The molecule has 0 amide bonds. The highest BCUT2D eigenvalue weighted by Gasteiger charge is 2.41. The Labute approximate surface area is 97.4 Å². The van der Waals surface area contributed by atoms with Crippen LogP contribution in [0.2, 0.25) is 0 Å². The smallest absolute Gasteiger partial charge is 0.305 e. The van der Waals surface area contributed by atoms with Crippen molar-refractivity contribution in [2.45, 2.75) is 45.6 Å². The summed E-state index contributed by atoms with van der Waals surface area (Å²) < 4.78 is 39.1. The number of rotatable bonds is 1. The van der Waals surface area contributed by atoms with Gasteiger partial charge >= 0.3 is 6.18 Å². The first-order valence-electron chi connectivity index (χ1n) is 5.58. The fourth-order valence-corrected chi connectivity index (χ4v) is 2.32. The van der Waals surface area contributed by atoms with Gasteiger partial charge in [0.2, 0.25) is 5.82 Å². The minimum absolute atomic E-state index is 0.132. The second kappa shape index (κ2) is 3.97. The molecule has 0 saturated carbocycles. The molecule has 0 N–H and O–H groups in total. The maximum absolute atomic E-state index is 12.7. The molecule has 0 aromatic carbocycles. The first-order chi connectivity index (χ1) is 7.82. The number of fused-ring (bicyclic) bond motifs is 1. The van der Waals surface area contributed by atoms with Crippen molar-refractivity contribution in [1.82, 2.24) is 19.7 Å². The highest BCUT2D eigenvalue weighted by molar-refractivity contribution is 5.06. The van der Waals surface area contributed by atoms with Gasteiger partial charge in [-0.3, -0.25) is 4.90 Å². The van der Waals surface area contributed by atoms with Gasteiger partial charge in [0.15, 0.2) is 0 Å². The summed E-state index contributed by atoms with van der Waals surface area (Å²) in [7, 11) is 0.